The van der Waals surface area contributed by atoms with Crippen LogP contribution >= 0.6 is 12.6 Å². The largest absolute Gasteiger partial charge is 0.495 e. The number of anilines is 1. The van der Waals surface area contributed by atoms with Gasteiger partial charge < -0.3 is 15.0 Å². The lowest BCUT2D eigenvalue weighted by atomic mass is 9.86. The minimum absolute atomic E-state index is 0.0271. The van der Waals surface area contributed by atoms with Crippen molar-refractivity contribution < 1.29 is 9.53 Å². The quantitative estimate of drug-likeness (QED) is 0.764. The first kappa shape index (κ1) is 19.8. The van der Waals surface area contributed by atoms with E-state index in [1.165, 1.54) is 5.56 Å². The first-order chi connectivity index (χ1) is 13.3. The van der Waals surface area contributed by atoms with E-state index in [0.717, 1.165) is 5.56 Å². The molecule has 0 saturated heterocycles. The highest BCUT2D eigenvalue weighted by molar-refractivity contribution is 7.84. The summed E-state index contributed by atoms with van der Waals surface area (Å²) in [5.74, 6) is 0.183. The van der Waals surface area contributed by atoms with Crippen LogP contribution in [0.5, 0.6) is 5.75 Å². The minimum atomic E-state index is -0.512. The SMILES string of the molecule is COc1ccccc1N1C(S)=C(C#N)C(=O)NC1c1ccc(C(C)(C)C)cc1. The molecule has 1 aliphatic rings. The van der Waals surface area contributed by atoms with Crippen molar-refractivity contribution in [2.24, 2.45) is 0 Å². The molecule has 0 aliphatic carbocycles. The maximum Gasteiger partial charge on any atom is 0.266 e. The third-order valence-electron chi connectivity index (χ3n) is 4.75. The topological polar surface area (TPSA) is 65.4 Å². The molecule has 0 saturated carbocycles. The number of nitrogens with one attached hydrogen (secondary N) is 1. The van der Waals surface area contributed by atoms with Crippen LogP contribution in [0.15, 0.2) is 59.1 Å². The summed E-state index contributed by atoms with van der Waals surface area (Å²) in [4.78, 5) is 14.3. The fourth-order valence-electron chi connectivity index (χ4n) is 3.19. The maximum absolute atomic E-state index is 12.5. The summed E-state index contributed by atoms with van der Waals surface area (Å²) in [6.07, 6.45) is -0.512. The van der Waals surface area contributed by atoms with Crippen molar-refractivity contribution in [1.29, 1.82) is 5.26 Å². The molecule has 0 bridgehead atoms. The van der Waals surface area contributed by atoms with Gasteiger partial charge in [-0.25, -0.2) is 0 Å². The van der Waals surface area contributed by atoms with Gasteiger partial charge in [-0.05, 0) is 28.7 Å². The molecule has 5 nitrogen and oxygen atoms in total. The van der Waals surface area contributed by atoms with Crippen LogP contribution in [-0.4, -0.2) is 13.0 Å². The predicted octanol–water partition coefficient (Wildman–Crippen LogP) is 4.29. The van der Waals surface area contributed by atoms with Crippen LogP contribution in [0.2, 0.25) is 0 Å². The third kappa shape index (κ3) is 3.58. The Labute approximate surface area is 171 Å². The number of hydrogen-bond acceptors (Lipinski definition) is 5. The molecule has 1 unspecified atom stereocenters. The lowest BCUT2D eigenvalue weighted by Gasteiger charge is -2.38. The summed E-state index contributed by atoms with van der Waals surface area (Å²) in [5, 5.41) is 12.6. The average molecular weight is 394 g/mol. The molecule has 144 valence electrons. The Morgan fingerprint density at radius 3 is 2.36 bits per heavy atom. The third-order valence-corrected chi connectivity index (χ3v) is 5.19. The number of methoxy groups -OCH3 is 1. The van der Waals surface area contributed by atoms with Crippen LogP contribution in [0.25, 0.3) is 0 Å². The lowest BCUT2D eigenvalue weighted by molar-refractivity contribution is -0.118. The smallest absolute Gasteiger partial charge is 0.266 e. The number of amides is 1. The van der Waals surface area contributed by atoms with Crippen LogP contribution < -0.4 is 15.0 Å². The average Bonchev–Trinajstić information content (AvgIpc) is 2.67. The van der Waals surface area contributed by atoms with Crippen molar-refractivity contribution in [3.8, 4) is 11.8 Å². The molecular weight excluding hydrogens is 370 g/mol. The summed E-state index contributed by atoms with van der Waals surface area (Å²) in [6, 6.07) is 17.5. The highest BCUT2D eigenvalue weighted by Crippen LogP contribution is 2.40. The van der Waals surface area contributed by atoms with Crippen molar-refractivity contribution in [2.75, 3.05) is 12.0 Å². The zero-order valence-corrected chi connectivity index (χ0v) is 17.2. The van der Waals surface area contributed by atoms with Gasteiger partial charge in [0.2, 0.25) is 0 Å². The number of benzene rings is 2. The number of carbonyl (C=O) groups is 1. The standard InChI is InChI=1S/C22H23N3O2S/c1-22(2,3)15-11-9-14(10-12-15)19-24-20(26)16(13-23)21(28)25(19)17-7-5-6-8-18(17)27-4/h5-12,19,28H,1-4H3,(H,24,26). The Hall–Kier alpha value is -2.91. The molecule has 1 atom stereocenters. The van der Waals surface area contributed by atoms with Gasteiger partial charge >= 0.3 is 0 Å². The van der Waals surface area contributed by atoms with Crippen LogP contribution in [0.1, 0.15) is 38.1 Å². The number of rotatable bonds is 3. The van der Waals surface area contributed by atoms with Gasteiger partial charge in [0.05, 0.1) is 17.8 Å². The van der Waals surface area contributed by atoms with Gasteiger partial charge in [-0.3, -0.25) is 4.79 Å². The fraction of sp³-hybridized carbons (Fsp3) is 0.273. The van der Waals surface area contributed by atoms with E-state index in [9.17, 15) is 10.1 Å². The van der Waals surface area contributed by atoms with Crippen molar-refractivity contribution in [3.05, 3.63) is 70.3 Å². The molecule has 2 aromatic rings. The van der Waals surface area contributed by atoms with Gasteiger partial charge in [0.25, 0.3) is 5.91 Å². The molecule has 6 heteroatoms. The first-order valence-corrected chi connectivity index (χ1v) is 9.39. The summed E-state index contributed by atoms with van der Waals surface area (Å²) < 4.78 is 5.50. The summed E-state index contributed by atoms with van der Waals surface area (Å²) in [5.41, 5.74) is 2.79. The van der Waals surface area contributed by atoms with E-state index >= 15 is 0 Å². The monoisotopic (exact) mass is 393 g/mol. The van der Waals surface area contributed by atoms with Crippen molar-refractivity contribution in [1.82, 2.24) is 5.32 Å². The molecule has 0 aromatic heterocycles. The van der Waals surface area contributed by atoms with Crippen LogP contribution in [0, 0.1) is 11.3 Å². The van der Waals surface area contributed by atoms with Crippen molar-refractivity contribution in [3.63, 3.8) is 0 Å². The minimum Gasteiger partial charge on any atom is -0.495 e. The number of nitrogens with zero attached hydrogens (tertiary/aromatic N) is 2. The molecule has 1 N–H and O–H groups in total. The van der Waals surface area contributed by atoms with E-state index in [2.05, 4.69) is 50.8 Å². The van der Waals surface area contributed by atoms with Gasteiger partial charge in [0, 0.05) is 0 Å². The van der Waals surface area contributed by atoms with Gasteiger partial charge in [-0.2, -0.15) is 5.26 Å². The van der Waals surface area contributed by atoms with E-state index in [1.807, 2.05) is 47.4 Å². The number of ether oxygens (including phenoxy) is 1. The van der Waals surface area contributed by atoms with Gasteiger partial charge in [0.15, 0.2) is 0 Å². The van der Waals surface area contributed by atoms with Crippen molar-refractivity contribution in [2.45, 2.75) is 32.4 Å². The highest BCUT2D eigenvalue weighted by Gasteiger charge is 2.35. The van der Waals surface area contributed by atoms with E-state index in [0.29, 0.717) is 16.5 Å². The summed E-state index contributed by atoms with van der Waals surface area (Å²) in [6.45, 7) is 6.46. The Morgan fingerprint density at radius 1 is 1.14 bits per heavy atom. The summed E-state index contributed by atoms with van der Waals surface area (Å²) >= 11 is 4.53. The fourth-order valence-corrected chi connectivity index (χ4v) is 3.56. The van der Waals surface area contributed by atoms with Crippen LogP contribution in [0.4, 0.5) is 5.69 Å². The molecule has 28 heavy (non-hydrogen) atoms. The van der Waals surface area contributed by atoms with Gasteiger partial charge in [-0.15, -0.1) is 12.6 Å². The van der Waals surface area contributed by atoms with E-state index in [4.69, 9.17) is 4.74 Å². The second-order valence-electron chi connectivity index (χ2n) is 7.60. The number of carbonyl (C=O) groups excluding carboxylic acids is 1. The second kappa shape index (κ2) is 7.61. The van der Waals surface area contributed by atoms with Crippen molar-refractivity contribution >= 4 is 24.2 Å². The first-order valence-electron chi connectivity index (χ1n) is 8.95. The molecule has 0 fully saturated rings. The Bertz CT molecular complexity index is 969. The number of hydrogen-bond donors (Lipinski definition) is 2. The number of thiol groups is 1. The molecular formula is C22H23N3O2S. The Balaban J connectivity index is 2.14. The molecule has 0 radical (unpaired) electrons. The maximum atomic E-state index is 12.5. The zero-order chi connectivity index (χ0) is 20.5. The molecule has 0 spiro atoms. The van der Waals surface area contributed by atoms with E-state index in [1.54, 1.807) is 7.11 Å². The second-order valence-corrected chi connectivity index (χ2v) is 8.02. The predicted molar refractivity (Wildman–Crippen MR) is 113 cm³/mol. The summed E-state index contributed by atoms with van der Waals surface area (Å²) in [7, 11) is 1.58. The highest BCUT2D eigenvalue weighted by atomic mass is 32.1. The van der Waals surface area contributed by atoms with E-state index in [-0.39, 0.29) is 11.0 Å². The van der Waals surface area contributed by atoms with Gasteiger partial charge in [0.1, 0.15) is 23.6 Å². The molecule has 1 amide bonds. The zero-order valence-electron chi connectivity index (χ0n) is 16.4. The molecule has 3 rings (SSSR count). The van der Waals surface area contributed by atoms with Gasteiger partial charge in [-0.1, -0.05) is 57.2 Å². The Morgan fingerprint density at radius 2 is 1.79 bits per heavy atom. The number of nitriles is 1. The molecule has 2 aromatic carbocycles. The van der Waals surface area contributed by atoms with Crippen LogP contribution in [0.3, 0.4) is 0 Å². The molecule has 1 aliphatic heterocycles. The molecule has 1 heterocycles. The van der Waals surface area contributed by atoms with Crippen LogP contribution in [-0.2, 0) is 10.2 Å². The van der Waals surface area contributed by atoms with E-state index < -0.39 is 12.1 Å². The lowest BCUT2D eigenvalue weighted by Crippen LogP contribution is -2.46. The number of para-hydroxylation sites is 2. The normalized spacial score (nSPS) is 17.2. The Kier molecular flexibility index (Phi) is 5.39.